The molecule has 1 heterocycles. The van der Waals surface area contributed by atoms with Crippen molar-refractivity contribution in [2.45, 2.75) is 32.4 Å². The molecule has 3 aromatic carbocycles. The van der Waals surface area contributed by atoms with Gasteiger partial charge in [-0.15, -0.1) is 0 Å². The van der Waals surface area contributed by atoms with Gasteiger partial charge in [0.1, 0.15) is 17.0 Å². The maximum Gasteiger partial charge on any atom is 0.259 e. The van der Waals surface area contributed by atoms with Crippen LogP contribution in [0.4, 0.5) is 5.69 Å². The zero-order chi connectivity index (χ0) is 23.4. The van der Waals surface area contributed by atoms with Crippen LogP contribution in [-0.2, 0) is 17.8 Å². The van der Waals surface area contributed by atoms with Crippen molar-refractivity contribution >= 4 is 17.5 Å². The van der Waals surface area contributed by atoms with Gasteiger partial charge in [0.25, 0.3) is 5.91 Å². The second-order valence-electron chi connectivity index (χ2n) is 8.21. The van der Waals surface area contributed by atoms with Crippen LogP contribution in [0.2, 0.25) is 0 Å². The molecule has 0 saturated heterocycles. The smallest absolute Gasteiger partial charge is 0.259 e. The third-order valence-corrected chi connectivity index (χ3v) is 5.99. The predicted octanol–water partition coefficient (Wildman–Crippen LogP) is 4.37. The number of methoxy groups -OCH3 is 1. The number of rotatable bonds is 7. The van der Waals surface area contributed by atoms with E-state index in [1.54, 1.807) is 12.0 Å². The highest BCUT2D eigenvalue weighted by atomic mass is 16.5. The second-order valence-corrected chi connectivity index (χ2v) is 8.21. The largest absolute Gasteiger partial charge is 0.497 e. The number of ether oxygens (including phenoxy) is 2. The standard InChI is InChI=1S/C27H28N2O4/c1-4-33-23-15-11-21(12-16-23)29-25(30)24-8-6-5-7-20(24)17-27(29,2)26(31)28-18-19-9-13-22(32-3)14-10-19/h5-16H,4,17-18H2,1-3H3,(H,28,31)/t27-/m0/s1. The summed E-state index contributed by atoms with van der Waals surface area (Å²) in [5.41, 5.74) is 1.99. The van der Waals surface area contributed by atoms with Crippen molar-refractivity contribution in [2.24, 2.45) is 0 Å². The van der Waals surface area contributed by atoms with Crippen molar-refractivity contribution in [1.82, 2.24) is 5.32 Å². The molecule has 0 spiro atoms. The summed E-state index contributed by atoms with van der Waals surface area (Å²) in [6.45, 7) is 4.65. The van der Waals surface area contributed by atoms with E-state index in [0.29, 0.717) is 30.8 Å². The van der Waals surface area contributed by atoms with Gasteiger partial charge in [0.05, 0.1) is 13.7 Å². The first-order valence-corrected chi connectivity index (χ1v) is 11.0. The van der Waals surface area contributed by atoms with Gasteiger partial charge in [-0.05, 0) is 67.4 Å². The Kier molecular flexibility index (Phi) is 6.36. The minimum atomic E-state index is -1.09. The number of carbonyl (C=O) groups is 2. The zero-order valence-electron chi connectivity index (χ0n) is 19.1. The molecule has 0 fully saturated rings. The van der Waals surface area contributed by atoms with Gasteiger partial charge in [-0.2, -0.15) is 0 Å². The van der Waals surface area contributed by atoms with Gasteiger partial charge >= 0.3 is 0 Å². The van der Waals surface area contributed by atoms with Crippen LogP contribution in [0.15, 0.2) is 72.8 Å². The number of amides is 2. The SMILES string of the molecule is CCOc1ccc(N2C(=O)c3ccccc3C[C@@]2(C)C(=O)NCc2ccc(OC)cc2)cc1. The third-order valence-electron chi connectivity index (χ3n) is 5.99. The molecule has 6 nitrogen and oxygen atoms in total. The van der Waals surface area contributed by atoms with Crippen LogP contribution < -0.4 is 19.7 Å². The van der Waals surface area contributed by atoms with Crippen molar-refractivity contribution in [3.8, 4) is 11.5 Å². The minimum Gasteiger partial charge on any atom is -0.497 e. The lowest BCUT2D eigenvalue weighted by atomic mass is 9.82. The van der Waals surface area contributed by atoms with Gasteiger partial charge in [0.2, 0.25) is 5.91 Å². The molecule has 1 N–H and O–H groups in total. The summed E-state index contributed by atoms with van der Waals surface area (Å²) < 4.78 is 10.7. The van der Waals surface area contributed by atoms with Crippen LogP contribution in [0.25, 0.3) is 0 Å². The summed E-state index contributed by atoms with van der Waals surface area (Å²) in [6, 6.07) is 22.3. The van der Waals surface area contributed by atoms with E-state index >= 15 is 0 Å². The van der Waals surface area contributed by atoms with Crippen molar-refractivity contribution < 1.29 is 19.1 Å². The molecule has 0 saturated carbocycles. The van der Waals surface area contributed by atoms with E-state index in [1.165, 1.54) is 0 Å². The number of hydrogen-bond acceptors (Lipinski definition) is 4. The van der Waals surface area contributed by atoms with Gasteiger partial charge in [-0.25, -0.2) is 0 Å². The summed E-state index contributed by atoms with van der Waals surface area (Å²) in [4.78, 5) is 28.8. The number of carbonyl (C=O) groups excluding carboxylic acids is 2. The molecule has 0 radical (unpaired) electrons. The van der Waals surface area contributed by atoms with E-state index in [9.17, 15) is 9.59 Å². The van der Waals surface area contributed by atoms with Crippen LogP contribution >= 0.6 is 0 Å². The Labute approximate surface area is 194 Å². The predicted molar refractivity (Wildman–Crippen MR) is 128 cm³/mol. The van der Waals surface area contributed by atoms with E-state index in [0.717, 1.165) is 22.6 Å². The third kappa shape index (κ3) is 4.42. The number of hydrogen-bond donors (Lipinski definition) is 1. The van der Waals surface area contributed by atoms with Crippen molar-refractivity contribution in [2.75, 3.05) is 18.6 Å². The van der Waals surface area contributed by atoms with E-state index in [1.807, 2.05) is 86.6 Å². The number of benzene rings is 3. The molecule has 6 heteroatoms. The molecule has 33 heavy (non-hydrogen) atoms. The molecule has 0 unspecified atom stereocenters. The number of anilines is 1. The first-order chi connectivity index (χ1) is 16.0. The lowest BCUT2D eigenvalue weighted by Crippen LogP contribution is -2.63. The van der Waals surface area contributed by atoms with Gasteiger partial charge in [0, 0.05) is 24.2 Å². The summed E-state index contributed by atoms with van der Waals surface area (Å²) in [7, 11) is 1.62. The Bertz CT molecular complexity index is 1140. The molecule has 0 aromatic heterocycles. The van der Waals surface area contributed by atoms with Gasteiger partial charge < -0.3 is 14.8 Å². The van der Waals surface area contributed by atoms with Crippen molar-refractivity contribution in [3.63, 3.8) is 0 Å². The first kappa shape index (κ1) is 22.4. The van der Waals surface area contributed by atoms with Crippen LogP contribution in [0.5, 0.6) is 11.5 Å². The highest BCUT2D eigenvalue weighted by molar-refractivity contribution is 6.14. The summed E-state index contributed by atoms with van der Waals surface area (Å²) in [5, 5.41) is 3.03. The van der Waals surface area contributed by atoms with Crippen molar-refractivity contribution in [1.29, 1.82) is 0 Å². The second kappa shape index (κ2) is 9.36. The average molecular weight is 445 g/mol. The van der Waals surface area contributed by atoms with E-state index in [-0.39, 0.29) is 11.8 Å². The van der Waals surface area contributed by atoms with Gasteiger partial charge in [0.15, 0.2) is 0 Å². The fourth-order valence-corrected chi connectivity index (χ4v) is 4.24. The number of nitrogens with one attached hydrogen (secondary N) is 1. The Balaban J connectivity index is 1.65. The monoisotopic (exact) mass is 444 g/mol. The van der Waals surface area contributed by atoms with Crippen LogP contribution in [0, 0.1) is 0 Å². The van der Waals surface area contributed by atoms with Crippen LogP contribution in [-0.4, -0.2) is 31.1 Å². The Morgan fingerprint density at radius 3 is 2.33 bits per heavy atom. The molecular weight excluding hydrogens is 416 g/mol. The number of fused-ring (bicyclic) bond motifs is 1. The quantitative estimate of drug-likeness (QED) is 0.588. The molecule has 0 bridgehead atoms. The Morgan fingerprint density at radius 2 is 1.67 bits per heavy atom. The summed E-state index contributed by atoms with van der Waals surface area (Å²) in [5.74, 6) is 1.07. The van der Waals surface area contributed by atoms with E-state index in [2.05, 4.69) is 5.32 Å². The molecule has 0 aliphatic carbocycles. The lowest BCUT2D eigenvalue weighted by Gasteiger charge is -2.44. The first-order valence-electron chi connectivity index (χ1n) is 11.0. The fraction of sp³-hybridized carbons (Fsp3) is 0.259. The lowest BCUT2D eigenvalue weighted by molar-refractivity contribution is -0.126. The highest BCUT2D eigenvalue weighted by Gasteiger charge is 2.47. The van der Waals surface area contributed by atoms with Gasteiger partial charge in [-0.1, -0.05) is 30.3 Å². The molecule has 1 atom stereocenters. The normalized spacial score (nSPS) is 17.3. The van der Waals surface area contributed by atoms with E-state index < -0.39 is 5.54 Å². The van der Waals surface area contributed by atoms with E-state index in [4.69, 9.17) is 9.47 Å². The summed E-state index contributed by atoms with van der Waals surface area (Å²) >= 11 is 0. The summed E-state index contributed by atoms with van der Waals surface area (Å²) in [6.07, 6.45) is 0.413. The maximum atomic E-state index is 13.6. The highest BCUT2D eigenvalue weighted by Crippen LogP contribution is 2.36. The molecule has 2 amide bonds. The molecular formula is C27H28N2O4. The minimum absolute atomic E-state index is 0.192. The molecule has 3 aromatic rings. The van der Waals surface area contributed by atoms with Crippen LogP contribution in [0.1, 0.15) is 35.3 Å². The Morgan fingerprint density at radius 1 is 1.00 bits per heavy atom. The average Bonchev–Trinajstić information content (AvgIpc) is 2.84. The fourth-order valence-electron chi connectivity index (χ4n) is 4.24. The number of nitrogens with zero attached hydrogens (tertiary/aromatic N) is 1. The van der Waals surface area contributed by atoms with Gasteiger partial charge in [-0.3, -0.25) is 14.5 Å². The maximum absolute atomic E-state index is 13.6. The molecule has 170 valence electrons. The van der Waals surface area contributed by atoms with Crippen molar-refractivity contribution in [3.05, 3.63) is 89.5 Å². The Hall–Kier alpha value is -3.80. The molecule has 4 rings (SSSR count). The molecule has 1 aliphatic heterocycles. The topological polar surface area (TPSA) is 67.9 Å². The van der Waals surface area contributed by atoms with Crippen LogP contribution in [0.3, 0.4) is 0 Å². The molecule has 1 aliphatic rings. The zero-order valence-corrected chi connectivity index (χ0v) is 19.1.